The van der Waals surface area contributed by atoms with E-state index in [0.717, 1.165) is 29.7 Å². The van der Waals surface area contributed by atoms with Crippen LogP contribution < -0.4 is 10.1 Å². The number of fused-ring (bicyclic) bond motifs is 1. The molecule has 3 rings (SSSR count). The molecule has 0 aliphatic heterocycles. The molecule has 1 aliphatic rings. The molecule has 0 saturated carbocycles. The van der Waals surface area contributed by atoms with E-state index in [4.69, 9.17) is 9.47 Å². The molecule has 0 fully saturated rings. The van der Waals surface area contributed by atoms with Gasteiger partial charge in [-0.05, 0) is 60.6 Å². The SMILES string of the molecule is COc1ccc(CNC(=O)[C@@H](C)OC(=O)Cc2ccc3c(c2)CCC3)cc1. The van der Waals surface area contributed by atoms with E-state index in [2.05, 4.69) is 17.4 Å². The third-order valence-electron chi connectivity index (χ3n) is 4.81. The number of methoxy groups -OCH3 is 1. The van der Waals surface area contributed by atoms with Gasteiger partial charge in [0.2, 0.25) is 0 Å². The zero-order valence-corrected chi connectivity index (χ0v) is 15.8. The van der Waals surface area contributed by atoms with Crippen LogP contribution in [-0.2, 0) is 40.1 Å². The third-order valence-corrected chi connectivity index (χ3v) is 4.81. The van der Waals surface area contributed by atoms with Crippen LogP contribution in [0, 0.1) is 0 Å². The van der Waals surface area contributed by atoms with Gasteiger partial charge in [0.15, 0.2) is 6.10 Å². The second kappa shape index (κ2) is 8.71. The molecular weight excluding hydrogens is 342 g/mol. The Labute approximate surface area is 159 Å². The fourth-order valence-electron chi connectivity index (χ4n) is 3.27. The number of carbonyl (C=O) groups is 2. The Bertz CT molecular complexity index is 814. The summed E-state index contributed by atoms with van der Waals surface area (Å²) in [6.45, 7) is 1.96. The zero-order chi connectivity index (χ0) is 19.2. The van der Waals surface area contributed by atoms with E-state index >= 15 is 0 Å². The first-order valence-electron chi connectivity index (χ1n) is 9.26. The average molecular weight is 367 g/mol. The van der Waals surface area contributed by atoms with Gasteiger partial charge in [0.25, 0.3) is 5.91 Å². The van der Waals surface area contributed by atoms with Crippen LogP contribution in [0.2, 0.25) is 0 Å². The predicted octanol–water partition coefficient (Wildman–Crippen LogP) is 2.97. The van der Waals surface area contributed by atoms with Gasteiger partial charge >= 0.3 is 5.97 Å². The van der Waals surface area contributed by atoms with E-state index in [9.17, 15) is 9.59 Å². The maximum absolute atomic E-state index is 12.2. The molecule has 1 amide bonds. The van der Waals surface area contributed by atoms with Gasteiger partial charge < -0.3 is 14.8 Å². The summed E-state index contributed by atoms with van der Waals surface area (Å²) in [5.74, 6) is 0.0621. The molecule has 0 spiro atoms. The van der Waals surface area contributed by atoms with E-state index in [1.54, 1.807) is 14.0 Å². The van der Waals surface area contributed by atoms with E-state index in [-0.39, 0.29) is 18.3 Å². The number of hydrogen-bond acceptors (Lipinski definition) is 4. The highest BCUT2D eigenvalue weighted by Gasteiger charge is 2.18. The predicted molar refractivity (Wildman–Crippen MR) is 103 cm³/mol. The van der Waals surface area contributed by atoms with Crippen molar-refractivity contribution in [2.45, 2.75) is 45.3 Å². The van der Waals surface area contributed by atoms with Crippen molar-refractivity contribution in [1.29, 1.82) is 0 Å². The maximum atomic E-state index is 12.2. The lowest BCUT2D eigenvalue weighted by atomic mass is 10.0. The topological polar surface area (TPSA) is 64.6 Å². The van der Waals surface area contributed by atoms with Gasteiger partial charge in [-0.25, -0.2) is 0 Å². The quantitative estimate of drug-likeness (QED) is 0.764. The molecule has 1 atom stereocenters. The fourth-order valence-corrected chi connectivity index (χ4v) is 3.27. The van der Waals surface area contributed by atoms with Gasteiger partial charge in [-0.15, -0.1) is 0 Å². The first-order chi connectivity index (χ1) is 13.0. The lowest BCUT2D eigenvalue weighted by Crippen LogP contribution is -2.35. The van der Waals surface area contributed by atoms with E-state index in [0.29, 0.717) is 6.54 Å². The van der Waals surface area contributed by atoms with E-state index < -0.39 is 6.10 Å². The first kappa shape index (κ1) is 19.0. The second-order valence-corrected chi connectivity index (χ2v) is 6.83. The molecule has 2 aromatic rings. The third kappa shape index (κ3) is 5.09. The van der Waals surface area contributed by atoms with Crippen molar-refractivity contribution >= 4 is 11.9 Å². The lowest BCUT2D eigenvalue weighted by Gasteiger charge is -2.14. The summed E-state index contributed by atoms with van der Waals surface area (Å²) in [4.78, 5) is 24.3. The summed E-state index contributed by atoms with van der Waals surface area (Å²) in [6.07, 6.45) is 2.72. The minimum Gasteiger partial charge on any atom is -0.497 e. The maximum Gasteiger partial charge on any atom is 0.311 e. The number of hydrogen-bond donors (Lipinski definition) is 1. The van der Waals surface area contributed by atoms with E-state index in [1.165, 1.54) is 17.5 Å². The van der Waals surface area contributed by atoms with Crippen LogP contribution in [0.5, 0.6) is 5.75 Å². The number of aryl methyl sites for hydroxylation is 2. The summed E-state index contributed by atoms with van der Waals surface area (Å²) in [7, 11) is 1.61. The highest BCUT2D eigenvalue weighted by Crippen LogP contribution is 2.23. The van der Waals surface area contributed by atoms with Crippen molar-refractivity contribution in [1.82, 2.24) is 5.32 Å². The van der Waals surface area contributed by atoms with Crippen LogP contribution >= 0.6 is 0 Å². The summed E-state index contributed by atoms with van der Waals surface area (Å²) >= 11 is 0. The molecule has 142 valence electrons. The number of esters is 1. The minimum absolute atomic E-state index is 0.184. The molecule has 2 aromatic carbocycles. The summed E-state index contributed by atoms with van der Waals surface area (Å²) < 4.78 is 10.4. The standard InChI is InChI=1S/C22H25NO4/c1-15(22(25)23-14-16-7-10-20(26-2)11-8-16)27-21(24)13-17-6-9-18-4-3-5-19(18)12-17/h6-12,15H,3-5,13-14H2,1-2H3,(H,23,25)/t15-/m1/s1. The smallest absolute Gasteiger partial charge is 0.311 e. The van der Waals surface area contributed by atoms with Crippen molar-refractivity contribution < 1.29 is 19.1 Å². The van der Waals surface area contributed by atoms with Gasteiger partial charge in [0, 0.05) is 6.54 Å². The first-order valence-corrected chi connectivity index (χ1v) is 9.26. The Hall–Kier alpha value is -2.82. The monoisotopic (exact) mass is 367 g/mol. The molecule has 27 heavy (non-hydrogen) atoms. The van der Waals surface area contributed by atoms with Gasteiger partial charge in [-0.3, -0.25) is 9.59 Å². The molecule has 5 nitrogen and oxygen atoms in total. The largest absolute Gasteiger partial charge is 0.497 e. The number of nitrogens with one attached hydrogen (secondary N) is 1. The molecule has 0 saturated heterocycles. The molecule has 1 aliphatic carbocycles. The number of amides is 1. The molecule has 0 heterocycles. The number of ether oxygens (including phenoxy) is 2. The Kier molecular flexibility index (Phi) is 6.12. The van der Waals surface area contributed by atoms with Gasteiger partial charge in [-0.1, -0.05) is 30.3 Å². The lowest BCUT2D eigenvalue weighted by molar-refractivity contribution is -0.154. The van der Waals surface area contributed by atoms with Crippen LogP contribution in [-0.4, -0.2) is 25.1 Å². The molecule has 0 aromatic heterocycles. The summed E-state index contributed by atoms with van der Waals surface area (Å²) in [6, 6.07) is 13.6. The Morgan fingerprint density at radius 2 is 1.74 bits per heavy atom. The van der Waals surface area contributed by atoms with Gasteiger partial charge in [-0.2, -0.15) is 0 Å². The zero-order valence-electron chi connectivity index (χ0n) is 15.8. The normalized spacial score (nSPS) is 13.6. The fraction of sp³-hybridized carbons (Fsp3) is 0.364. The minimum atomic E-state index is -0.829. The highest BCUT2D eigenvalue weighted by molar-refractivity contribution is 5.83. The van der Waals surface area contributed by atoms with Crippen molar-refractivity contribution in [3.8, 4) is 5.75 Å². The second-order valence-electron chi connectivity index (χ2n) is 6.83. The Balaban J connectivity index is 1.46. The summed E-state index contributed by atoms with van der Waals surface area (Å²) in [5.41, 5.74) is 4.58. The van der Waals surface area contributed by atoms with Crippen molar-refractivity contribution in [2.75, 3.05) is 7.11 Å². The van der Waals surface area contributed by atoms with Crippen LogP contribution in [0.4, 0.5) is 0 Å². The van der Waals surface area contributed by atoms with Crippen molar-refractivity contribution in [3.05, 3.63) is 64.7 Å². The van der Waals surface area contributed by atoms with Gasteiger partial charge in [0.05, 0.1) is 13.5 Å². The Morgan fingerprint density at radius 1 is 1.04 bits per heavy atom. The van der Waals surface area contributed by atoms with Crippen LogP contribution in [0.1, 0.15) is 35.6 Å². The van der Waals surface area contributed by atoms with Crippen molar-refractivity contribution in [2.24, 2.45) is 0 Å². The van der Waals surface area contributed by atoms with Crippen LogP contribution in [0.25, 0.3) is 0 Å². The van der Waals surface area contributed by atoms with Crippen LogP contribution in [0.3, 0.4) is 0 Å². The molecular formula is C22H25NO4. The van der Waals surface area contributed by atoms with Crippen LogP contribution in [0.15, 0.2) is 42.5 Å². The number of carbonyl (C=O) groups excluding carboxylic acids is 2. The number of rotatable bonds is 7. The molecule has 1 N–H and O–H groups in total. The summed E-state index contributed by atoms with van der Waals surface area (Å²) in [5, 5.41) is 2.78. The molecule has 0 bridgehead atoms. The molecule has 0 radical (unpaired) electrons. The number of benzene rings is 2. The average Bonchev–Trinajstić information content (AvgIpc) is 3.14. The molecule has 0 unspecified atom stereocenters. The molecule has 5 heteroatoms. The van der Waals surface area contributed by atoms with Crippen molar-refractivity contribution in [3.63, 3.8) is 0 Å². The van der Waals surface area contributed by atoms with Gasteiger partial charge in [0.1, 0.15) is 5.75 Å². The Morgan fingerprint density at radius 3 is 2.48 bits per heavy atom. The highest BCUT2D eigenvalue weighted by atomic mass is 16.5. The van der Waals surface area contributed by atoms with E-state index in [1.807, 2.05) is 30.3 Å².